The number of fused-ring (bicyclic) bond motifs is 1. The summed E-state index contributed by atoms with van der Waals surface area (Å²) < 4.78 is 1.73. The molecule has 0 bridgehead atoms. The highest BCUT2D eigenvalue weighted by Crippen LogP contribution is 2.22. The number of likely N-dealkylation sites (tertiary alicyclic amines) is 1. The Morgan fingerprint density at radius 1 is 1.31 bits per heavy atom. The van der Waals surface area contributed by atoms with E-state index in [0.717, 1.165) is 19.4 Å². The van der Waals surface area contributed by atoms with Crippen LogP contribution in [0.3, 0.4) is 0 Å². The van der Waals surface area contributed by atoms with E-state index in [0.29, 0.717) is 40.3 Å². The van der Waals surface area contributed by atoms with Crippen LogP contribution in [0.25, 0.3) is 10.9 Å². The molecule has 0 saturated carbocycles. The molecule has 2 aromatic rings. The van der Waals surface area contributed by atoms with Gasteiger partial charge in [-0.3, -0.25) is 14.2 Å². The molecule has 1 aromatic heterocycles. The topological polar surface area (TPSA) is 55.2 Å². The summed E-state index contributed by atoms with van der Waals surface area (Å²) in [5.41, 5.74) is 0.671. The van der Waals surface area contributed by atoms with Gasteiger partial charge in [-0.15, -0.1) is 0 Å². The zero-order valence-electron chi connectivity index (χ0n) is 15.8. The van der Waals surface area contributed by atoms with Crippen molar-refractivity contribution in [2.45, 2.75) is 57.8 Å². The Kier molecular flexibility index (Phi) is 6.01. The summed E-state index contributed by atoms with van der Waals surface area (Å²) >= 11 is 1.38. The molecule has 3 rings (SSSR count). The van der Waals surface area contributed by atoms with Crippen molar-refractivity contribution in [1.29, 1.82) is 0 Å². The van der Waals surface area contributed by atoms with Gasteiger partial charge in [-0.1, -0.05) is 37.7 Å². The van der Waals surface area contributed by atoms with Crippen molar-refractivity contribution < 1.29 is 4.79 Å². The van der Waals surface area contributed by atoms with Crippen molar-refractivity contribution in [3.05, 3.63) is 34.6 Å². The van der Waals surface area contributed by atoms with Gasteiger partial charge in [0.1, 0.15) is 0 Å². The Hall–Kier alpha value is -1.82. The van der Waals surface area contributed by atoms with E-state index >= 15 is 0 Å². The molecular formula is C20H27N3O2S. The van der Waals surface area contributed by atoms with E-state index in [1.807, 2.05) is 29.2 Å². The number of benzene rings is 1. The maximum absolute atomic E-state index is 12.9. The molecule has 1 aliphatic heterocycles. The van der Waals surface area contributed by atoms with E-state index in [1.54, 1.807) is 4.57 Å². The Morgan fingerprint density at radius 2 is 2.08 bits per heavy atom. The van der Waals surface area contributed by atoms with Crippen molar-refractivity contribution in [2.75, 3.05) is 12.3 Å². The molecule has 0 radical (unpaired) electrons. The minimum absolute atomic E-state index is 0.0226. The monoisotopic (exact) mass is 373 g/mol. The van der Waals surface area contributed by atoms with Gasteiger partial charge in [-0.2, -0.15) is 0 Å². The van der Waals surface area contributed by atoms with Crippen LogP contribution in [-0.4, -0.2) is 38.7 Å². The molecule has 140 valence electrons. The molecule has 5 nitrogen and oxygen atoms in total. The largest absolute Gasteiger partial charge is 0.339 e. The summed E-state index contributed by atoms with van der Waals surface area (Å²) in [7, 11) is 0. The minimum atomic E-state index is -0.0226. The van der Waals surface area contributed by atoms with Gasteiger partial charge < -0.3 is 4.90 Å². The number of carbonyl (C=O) groups excluding carboxylic acids is 1. The summed E-state index contributed by atoms with van der Waals surface area (Å²) in [5, 5.41) is 1.27. The van der Waals surface area contributed by atoms with Crippen molar-refractivity contribution in [2.24, 2.45) is 5.92 Å². The van der Waals surface area contributed by atoms with Crippen LogP contribution in [0.1, 0.15) is 40.0 Å². The smallest absolute Gasteiger partial charge is 0.262 e. The van der Waals surface area contributed by atoms with Gasteiger partial charge in [0.2, 0.25) is 5.91 Å². The number of hydrogen-bond acceptors (Lipinski definition) is 4. The lowest BCUT2D eigenvalue weighted by Crippen LogP contribution is -2.43. The lowest BCUT2D eigenvalue weighted by Gasteiger charge is -2.33. The number of piperidine rings is 1. The summed E-state index contributed by atoms with van der Waals surface area (Å²) in [4.78, 5) is 32.2. The molecule has 0 spiro atoms. The fraction of sp³-hybridized carbons (Fsp3) is 0.550. The summed E-state index contributed by atoms with van der Waals surface area (Å²) in [6, 6.07) is 7.72. The molecular weight excluding hydrogens is 346 g/mol. The highest BCUT2D eigenvalue weighted by molar-refractivity contribution is 7.99. The summed E-state index contributed by atoms with van der Waals surface area (Å²) in [6.07, 6.45) is 3.34. The Balaban J connectivity index is 1.86. The number of hydrogen-bond donors (Lipinski definition) is 0. The molecule has 0 unspecified atom stereocenters. The van der Waals surface area contributed by atoms with Crippen LogP contribution in [-0.2, 0) is 11.3 Å². The second-order valence-corrected chi connectivity index (χ2v) is 8.38. The molecule has 0 N–H and O–H groups in total. The number of carbonyl (C=O) groups is 1. The third-order valence-corrected chi connectivity index (χ3v) is 5.78. The van der Waals surface area contributed by atoms with E-state index in [1.165, 1.54) is 18.2 Å². The second-order valence-electron chi connectivity index (χ2n) is 7.44. The fourth-order valence-corrected chi connectivity index (χ4v) is 4.36. The first kappa shape index (κ1) is 19.0. The van der Waals surface area contributed by atoms with Crippen molar-refractivity contribution >= 4 is 28.6 Å². The van der Waals surface area contributed by atoms with Gasteiger partial charge in [0.05, 0.1) is 16.7 Å². The van der Waals surface area contributed by atoms with E-state index < -0.39 is 0 Å². The first-order valence-electron chi connectivity index (χ1n) is 9.39. The van der Waals surface area contributed by atoms with Crippen LogP contribution >= 0.6 is 11.8 Å². The molecule has 1 aliphatic rings. The highest BCUT2D eigenvalue weighted by Gasteiger charge is 2.23. The predicted molar refractivity (Wildman–Crippen MR) is 107 cm³/mol. The fourth-order valence-electron chi connectivity index (χ4n) is 3.46. The van der Waals surface area contributed by atoms with E-state index in [4.69, 9.17) is 0 Å². The lowest BCUT2D eigenvalue weighted by molar-refractivity contribution is -0.131. The molecule has 26 heavy (non-hydrogen) atoms. The average molecular weight is 374 g/mol. The van der Waals surface area contributed by atoms with Crippen molar-refractivity contribution in [3.63, 3.8) is 0 Å². The van der Waals surface area contributed by atoms with Crippen molar-refractivity contribution in [1.82, 2.24) is 14.5 Å². The van der Waals surface area contributed by atoms with Gasteiger partial charge >= 0.3 is 0 Å². The van der Waals surface area contributed by atoms with Crippen LogP contribution in [0.2, 0.25) is 0 Å². The number of thioether (sulfide) groups is 1. The zero-order valence-corrected chi connectivity index (χ0v) is 16.6. The predicted octanol–water partition coefficient (Wildman–Crippen LogP) is 3.55. The van der Waals surface area contributed by atoms with Crippen LogP contribution in [0.5, 0.6) is 0 Å². The Morgan fingerprint density at radius 3 is 2.81 bits per heavy atom. The SMILES string of the molecule is CC(C)Cn1c(SCC(=O)N2CCCC[C@@H]2C)nc2ccccc2c1=O. The summed E-state index contributed by atoms with van der Waals surface area (Å²) in [5.74, 6) is 0.793. The number of amides is 1. The van der Waals surface area contributed by atoms with E-state index in [-0.39, 0.29) is 11.5 Å². The van der Waals surface area contributed by atoms with E-state index in [2.05, 4.69) is 25.8 Å². The van der Waals surface area contributed by atoms with Gasteiger partial charge in [0, 0.05) is 19.1 Å². The third-order valence-electron chi connectivity index (χ3n) is 4.82. The van der Waals surface area contributed by atoms with Crippen LogP contribution in [0.4, 0.5) is 0 Å². The van der Waals surface area contributed by atoms with Gasteiger partial charge in [-0.05, 0) is 44.2 Å². The number of para-hydroxylation sites is 1. The standard InChI is InChI=1S/C20H27N3O2S/c1-14(2)12-23-19(25)16-9-4-5-10-17(16)21-20(23)26-13-18(24)22-11-7-6-8-15(22)3/h4-5,9-10,14-15H,6-8,11-13H2,1-3H3/t15-/m0/s1. The third kappa shape index (κ3) is 4.11. The quantitative estimate of drug-likeness (QED) is 0.594. The number of nitrogens with zero attached hydrogens (tertiary/aromatic N) is 3. The Labute approximate surface area is 158 Å². The molecule has 1 atom stereocenters. The maximum atomic E-state index is 12.9. The molecule has 1 fully saturated rings. The van der Waals surface area contributed by atoms with Crippen LogP contribution in [0.15, 0.2) is 34.2 Å². The molecule has 1 saturated heterocycles. The molecule has 0 aliphatic carbocycles. The normalized spacial score (nSPS) is 17.8. The zero-order chi connectivity index (χ0) is 18.7. The average Bonchev–Trinajstić information content (AvgIpc) is 2.62. The van der Waals surface area contributed by atoms with Crippen LogP contribution in [0, 0.1) is 5.92 Å². The van der Waals surface area contributed by atoms with Crippen LogP contribution < -0.4 is 5.56 Å². The molecule has 1 amide bonds. The first-order valence-corrected chi connectivity index (χ1v) is 10.4. The van der Waals surface area contributed by atoms with Crippen molar-refractivity contribution in [3.8, 4) is 0 Å². The van der Waals surface area contributed by atoms with Gasteiger partial charge in [0.25, 0.3) is 5.56 Å². The molecule has 1 aromatic carbocycles. The highest BCUT2D eigenvalue weighted by atomic mass is 32.2. The minimum Gasteiger partial charge on any atom is -0.339 e. The van der Waals surface area contributed by atoms with Gasteiger partial charge in [-0.25, -0.2) is 4.98 Å². The summed E-state index contributed by atoms with van der Waals surface area (Å²) in [6.45, 7) is 7.72. The van der Waals surface area contributed by atoms with Gasteiger partial charge in [0.15, 0.2) is 5.16 Å². The maximum Gasteiger partial charge on any atom is 0.262 e. The number of aromatic nitrogens is 2. The number of rotatable bonds is 5. The Bertz CT molecular complexity index is 847. The first-order chi connectivity index (χ1) is 12.5. The molecule has 6 heteroatoms. The van der Waals surface area contributed by atoms with E-state index in [9.17, 15) is 9.59 Å². The molecule has 2 heterocycles. The lowest BCUT2D eigenvalue weighted by atomic mass is 10.0. The second kappa shape index (κ2) is 8.25.